The fourth-order valence-electron chi connectivity index (χ4n) is 4.38. The Balaban J connectivity index is 2.29. The van der Waals surface area contributed by atoms with Gasteiger partial charge in [0.2, 0.25) is 18.4 Å². The van der Waals surface area contributed by atoms with Crippen LogP contribution < -0.4 is 10.2 Å². The summed E-state index contributed by atoms with van der Waals surface area (Å²) in [6.45, 7) is 7.43. The Bertz CT molecular complexity index is 1110. The Morgan fingerprint density at radius 3 is 2.38 bits per heavy atom. The van der Waals surface area contributed by atoms with Crippen molar-refractivity contribution in [1.29, 1.82) is 0 Å². The summed E-state index contributed by atoms with van der Waals surface area (Å²) in [5.41, 5.74) is -0.207. The number of anilines is 1. The molecule has 3 rings (SSSR count). The van der Waals surface area contributed by atoms with E-state index in [2.05, 4.69) is 5.32 Å². The first-order chi connectivity index (χ1) is 15.8. The maximum atomic E-state index is 14.2. The maximum absolute atomic E-state index is 14.2. The summed E-state index contributed by atoms with van der Waals surface area (Å²) in [4.78, 5) is 51.5. The highest BCUT2D eigenvalue weighted by Crippen LogP contribution is 2.47. The zero-order valence-electron chi connectivity index (χ0n) is 20.0. The van der Waals surface area contributed by atoms with E-state index in [-0.39, 0.29) is 6.42 Å². The molecule has 0 bridgehead atoms. The molecule has 180 valence electrons. The fourth-order valence-corrected chi connectivity index (χ4v) is 4.38. The van der Waals surface area contributed by atoms with E-state index in [1.165, 1.54) is 6.92 Å². The summed E-state index contributed by atoms with van der Waals surface area (Å²) in [6.07, 6.45) is -0.832. The van der Waals surface area contributed by atoms with Crippen molar-refractivity contribution >= 4 is 23.6 Å². The van der Waals surface area contributed by atoms with Crippen LogP contribution in [0.4, 0.5) is 10.5 Å². The lowest BCUT2D eigenvalue weighted by Gasteiger charge is -2.35. The number of aryl methyl sites for hydroxylation is 1. The lowest BCUT2D eigenvalue weighted by molar-refractivity contribution is -0.484. The van der Waals surface area contributed by atoms with Gasteiger partial charge in [-0.15, -0.1) is 0 Å². The van der Waals surface area contributed by atoms with E-state index in [1.54, 1.807) is 63.2 Å². The van der Waals surface area contributed by atoms with Gasteiger partial charge in [0.25, 0.3) is 0 Å². The first-order valence-corrected chi connectivity index (χ1v) is 11.0. The molecule has 1 aliphatic rings. The lowest BCUT2D eigenvalue weighted by Crippen LogP contribution is -2.60. The first-order valence-electron chi connectivity index (χ1n) is 11.0. The second-order valence-corrected chi connectivity index (χ2v) is 9.54. The summed E-state index contributed by atoms with van der Waals surface area (Å²) in [5.74, 6) is -1.19. The van der Waals surface area contributed by atoms with Gasteiger partial charge in [0, 0.05) is 11.8 Å². The van der Waals surface area contributed by atoms with Gasteiger partial charge in [-0.1, -0.05) is 48.0 Å². The number of benzene rings is 2. The molecule has 3 amide bonds. The van der Waals surface area contributed by atoms with Crippen molar-refractivity contribution in [2.45, 2.75) is 58.1 Å². The monoisotopic (exact) mass is 467 g/mol. The van der Waals surface area contributed by atoms with Crippen molar-refractivity contribution in [2.75, 3.05) is 11.4 Å². The summed E-state index contributed by atoms with van der Waals surface area (Å²) in [5, 5.41) is 14.3. The molecule has 0 aromatic heterocycles. The van der Waals surface area contributed by atoms with Crippen LogP contribution in [0.3, 0.4) is 0 Å². The van der Waals surface area contributed by atoms with Gasteiger partial charge in [-0.25, -0.2) is 9.69 Å². The van der Waals surface area contributed by atoms with Crippen molar-refractivity contribution in [3.63, 3.8) is 0 Å². The summed E-state index contributed by atoms with van der Waals surface area (Å²) < 4.78 is 5.51. The van der Waals surface area contributed by atoms with Gasteiger partial charge in [0.05, 0.1) is 5.69 Å². The molecule has 0 unspecified atom stereocenters. The predicted octanol–water partition coefficient (Wildman–Crippen LogP) is 3.54. The van der Waals surface area contributed by atoms with Crippen molar-refractivity contribution in [3.05, 3.63) is 75.3 Å². The SMILES string of the molecule is CC(=O)N[C@H](C[N+](=O)[O-])[C@]1(Cc2ccccc2)C(=O)N(C(=O)OC(C)(C)C)c2ccc(C)cc21. The Morgan fingerprint density at radius 1 is 1.18 bits per heavy atom. The minimum Gasteiger partial charge on any atom is -0.443 e. The number of amides is 3. The number of nitro groups is 1. The molecule has 9 heteroatoms. The number of ether oxygens (including phenoxy) is 1. The molecule has 0 fully saturated rings. The number of hydrogen-bond donors (Lipinski definition) is 1. The molecule has 0 aliphatic carbocycles. The predicted molar refractivity (Wildman–Crippen MR) is 126 cm³/mol. The molecule has 9 nitrogen and oxygen atoms in total. The molecule has 0 saturated carbocycles. The van der Waals surface area contributed by atoms with Crippen molar-refractivity contribution < 1.29 is 24.0 Å². The highest BCUT2D eigenvalue weighted by molar-refractivity contribution is 6.21. The molecule has 1 heterocycles. The fraction of sp³-hybridized carbons (Fsp3) is 0.400. The Morgan fingerprint density at radius 2 is 1.82 bits per heavy atom. The lowest BCUT2D eigenvalue weighted by atomic mass is 9.70. The second-order valence-electron chi connectivity index (χ2n) is 9.54. The van der Waals surface area contributed by atoms with Crippen LogP contribution in [0.5, 0.6) is 0 Å². The standard InChI is InChI=1S/C25H29N3O6/c1-16-11-12-20-19(13-16)25(14-18-9-7-6-8-10-18,21(15-27(32)33)26-17(2)29)22(30)28(20)23(31)34-24(3,4)5/h6-13,21H,14-15H2,1-5H3,(H,26,29)/t21-,25-/m1/s1. The number of nitrogens with zero attached hydrogens (tertiary/aromatic N) is 2. The average Bonchev–Trinajstić information content (AvgIpc) is 2.95. The van der Waals surface area contributed by atoms with Crippen LogP contribution in [0.2, 0.25) is 0 Å². The van der Waals surface area contributed by atoms with Gasteiger partial charge in [-0.05, 0) is 51.3 Å². The third-order valence-electron chi connectivity index (χ3n) is 5.66. The molecule has 2 aromatic rings. The molecular weight excluding hydrogens is 438 g/mol. The molecule has 1 N–H and O–H groups in total. The van der Waals surface area contributed by atoms with Crippen LogP contribution in [-0.2, 0) is 26.2 Å². The topological polar surface area (TPSA) is 119 Å². The Labute approximate surface area is 198 Å². The quantitative estimate of drug-likeness (QED) is 0.513. The smallest absolute Gasteiger partial charge is 0.421 e. The van der Waals surface area contributed by atoms with Crippen molar-refractivity contribution in [1.82, 2.24) is 5.32 Å². The van der Waals surface area contributed by atoms with Crippen LogP contribution in [0.1, 0.15) is 44.4 Å². The van der Waals surface area contributed by atoms with Crippen LogP contribution in [0.15, 0.2) is 48.5 Å². The molecule has 0 saturated heterocycles. The van der Waals surface area contributed by atoms with E-state index in [0.29, 0.717) is 11.3 Å². The van der Waals surface area contributed by atoms with Crippen LogP contribution in [0, 0.1) is 17.0 Å². The van der Waals surface area contributed by atoms with Crippen LogP contribution in [0.25, 0.3) is 0 Å². The molecule has 0 radical (unpaired) electrons. The molecular formula is C25H29N3O6. The van der Waals surface area contributed by atoms with Crippen molar-refractivity contribution in [2.24, 2.45) is 0 Å². The van der Waals surface area contributed by atoms with Gasteiger partial charge < -0.3 is 10.1 Å². The van der Waals surface area contributed by atoms with E-state index in [9.17, 15) is 24.5 Å². The number of hydrogen-bond acceptors (Lipinski definition) is 6. The summed E-state index contributed by atoms with van der Waals surface area (Å²) in [7, 11) is 0. The highest BCUT2D eigenvalue weighted by atomic mass is 16.6. The number of nitrogens with one attached hydrogen (secondary N) is 1. The third kappa shape index (κ3) is 4.93. The zero-order chi connectivity index (χ0) is 25.3. The van der Waals surface area contributed by atoms with Crippen LogP contribution >= 0.6 is 0 Å². The number of carbonyl (C=O) groups is 3. The molecule has 1 aliphatic heterocycles. The van der Waals surface area contributed by atoms with E-state index in [1.807, 2.05) is 13.0 Å². The second kappa shape index (κ2) is 9.24. The summed E-state index contributed by atoms with van der Waals surface area (Å²) in [6, 6.07) is 12.9. The van der Waals surface area contributed by atoms with E-state index >= 15 is 0 Å². The molecule has 0 spiro atoms. The number of imide groups is 1. The minimum absolute atomic E-state index is 0.0429. The zero-order valence-corrected chi connectivity index (χ0v) is 20.0. The number of fused-ring (bicyclic) bond motifs is 1. The first kappa shape index (κ1) is 24.9. The summed E-state index contributed by atoms with van der Waals surface area (Å²) >= 11 is 0. The van der Waals surface area contributed by atoms with Gasteiger partial charge in [-0.2, -0.15) is 0 Å². The maximum Gasteiger partial charge on any atom is 0.421 e. The molecule has 2 aromatic carbocycles. The van der Waals surface area contributed by atoms with E-state index < -0.39 is 46.4 Å². The van der Waals surface area contributed by atoms with E-state index in [0.717, 1.165) is 16.0 Å². The molecule has 2 atom stereocenters. The number of rotatable bonds is 6. The average molecular weight is 468 g/mol. The van der Waals surface area contributed by atoms with Crippen LogP contribution in [-0.4, -0.2) is 41.0 Å². The number of carbonyl (C=O) groups excluding carboxylic acids is 3. The highest BCUT2D eigenvalue weighted by Gasteiger charge is 2.59. The van der Waals surface area contributed by atoms with E-state index in [4.69, 9.17) is 4.74 Å². The molecule has 34 heavy (non-hydrogen) atoms. The third-order valence-corrected chi connectivity index (χ3v) is 5.66. The van der Waals surface area contributed by atoms with Crippen molar-refractivity contribution in [3.8, 4) is 0 Å². The minimum atomic E-state index is -1.60. The van der Waals surface area contributed by atoms with Gasteiger partial charge in [0.15, 0.2) is 0 Å². The van der Waals surface area contributed by atoms with Gasteiger partial charge in [-0.3, -0.25) is 19.7 Å². The Hall–Kier alpha value is -3.75. The van der Waals surface area contributed by atoms with Gasteiger partial charge >= 0.3 is 6.09 Å². The normalized spacial score (nSPS) is 18.3. The van der Waals surface area contributed by atoms with Gasteiger partial charge in [0.1, 0.15) is 17.1 Å². The largest absolute Gasteiger partial charge is 0.443 e. The Kier molecular flexibility index (Phi) is 6.77.